The SMILES string of the molecule is O=C(NCCCOC1CCCCC1)c1ccc(Cl)c(NC(=O)c2cccs2)c1. The van der Waals surface area contributed by atoms with Gasteiger partial charge in [-0.2, -0.15) is 0 Å². The largest absolute Gasteiger partial charge is 0.378 e. The number of carbonyl (C=O) groups is 2. The van der Waals surface area contributed by atoms with Crippen LogP contribution in [0.25, 0.3) is 0 Å². The Balaban J connectivity index is 1.46. The molecule has 5 nitrogen and oxygen atoms in total. The fraction of sp³-hybridized carbons (Fsp3) is 0.429. The monoisotopic (exact) mass is 420 g/mol. The maximum absolute atomic E-state index is 12.4. The normalized spacial score (nSPS) is 14.6. The number of amides is 2. The summed E-state index contributed by atoms with van der Waals surface area (Å²) >= 11 is 7.51. The van der Waals surface area contributed by atoms with E-state index in [4.69, 9.17) is 16.3 Å². The fourth-order valence-corrected chi connectivity index (χ4v) is 4.00. The van der Waals surface area contributed by atoms with Gasteiger partial charge in [0.05, 0.1) is 21.7 Å². The van der Waals surface area contributed by atoms with Gasteiger partial charge in [0, 0.05) is 18.7 Å². The summed E-state index contributed by atoms with van der Waals surface area (Å²) in [4.78, 5) is 25.2. The first-order valence-corrected chi connectivity index (χ1v) is 10.9. The number of rotatable bonds is 8. The quantitative estimate of drug-likeness (QED) is 0.582. The summed E-state index contributed by atoms with van der Waals surface area (Å²) in [5.74, 6) is -0.435. The van der Waals surface area contributed by atoms with Crippen molar-refractivity contribution < 1.29 is 14.3 Å². The zero-order valence-electron chi connectivity index (χ0n) is 15.7. The van der Waals surface area contributed by atoms with E-state index < -0.39 is 0 Å². The highest BCUT2D eigenvalue weighted by Crippen LogP contribution is 2.24. The number of nitrogens with one attached hydrogen (secondary N) is 2. The summed E-state index contributed by atoms with van der Waals surface area (Å²) in [6.07, 6.45) is 7.28. The molecule has 150 valence electrons. The van der Waals surface area contributed by atoms with Gasteiger partial charge in [0.1, 0.15) is 0 Å². The van der Waals surface area contributed by atoms with E-state index in [0.29, 0.717) is 40.4 Å². The minimum absolute atomic E-state index is 0.194. The summed E-state index contributed by atoms with van der Waals surface area (Å²) in [7, 11) is 0. The molecule has 0 aliphatic heterocycles. The summed E-state index contributed by atoms with van der Waals surface area (Å²) in [5, 5.41) is 7.87. The number of thiophene rings is 1. The predicted molar refractivity (Wildman–Crippen MR) is 113 cm³/mol. The first-order chi connectivity index (χ1) is 13.6. The molecule has 7 heteroatoms. The first-order valence-electron chi connectivity index (χ1n) is 9.67. The lowest BCUT2D eigenvalue weighted by Gasteiger charge is -2.21. The lowest BCUT2D eigenvalue weighted by molar-refractivity contribution is 0.0273. The zero-order chi connectivity index (χ0) is 19.8. The van der Waals surface area contributed by atoms with E-state index in [9.17, 15) is 9.59 Å². The Labute approximate surface area is 174 Å². The molecule has 1 aromatic heterocycles. The van der Waals surface area contributed by atoms with Crippen LogP contribution in [-0.2, 0) is 4.74 Å². The van der Waals surface area contributed by atoms with Crippen molar-refractivity contribution in [3.8, 4) is 0 Å². The molecule has 0 saturated heterocycles. The Bertz CT molecular complexity index is 789. The third-order valence-corrected chi connectivity index (χ3v) is 5.93. The smallest absolute Gasteiger partial charge is 0.265 e. The molecule has 0 bridgehead atoms. The van der Waals surface area contributed by atoms with Crippen LogP contribution in [0.1, 0.15) is 58.6 Å². The third-order valence-electron chi connectivity index (χ3n) is 4.73. The molecule has 1 aliphatic rings. The van der Waals surface area contributed by atoms with E-state index >= 15 is 0 Å². The minimum atomic E-state index is -0.241. The highest BCUT2D eigenvalue weighted by molar-refractivity contribution is 7.12. The lowest BCUT2D eigenvalue weighted by Crippen LogP contribution is -2.26. The molecule has 0 radical (unpaired) electrons. The summed E-state index contributed by atoms with van der Waals surface area (Å²) in [5.41, 5.74) is 0.882. The molecule has 2 amide bonds. The second-order valence-electron chi connectivity index (χ2n) is 6.87. The van der Waals surface area contributed by atoms with Gasteiger partial charge in [-0.1, -0.05) is 36.9 Å². The van der Waals surface area contributed by atoms with Crippen LogP contribution >= 0.6 is 22.9 Å². The van der Waals surface area contributed by atoms with Gasteiger partial charge < -0.3 is 15.4 Å². The summed E-state index contributed by atoms with van der Waals surface area (Å²) in [6, 6.07) is 8.41. The predicted octanol–water partition coefficient (Wildman–Crippen LogP) is 5.12. The molecular formula is C21H25ClN2O3S. The van der Waals surface area contributed by atoms with Crippen LogP contribution in [0, 0.1) is 0 Å². The second kappa shape index (κ2) is 10.6. The van der Waals surface area contributed by atoms with Crippen LogP contribution < -0.4 is 10.6 Å². The lowest BCUT2D eigenvalue weighted by atomic mass is 9.98. The highest BCUT2D eigenvalue weighted by atomic mass is 35.5. The van der Waals surface area contributed by atoms with Crippen LogP contribution in [0.5, 0.6) is 0 Å². The van der Waals surface area contributed by atoms with Crippen molar-refractivity contribution in [3.63, 3.8) is 0 Å². The zero-order valence-corrected chi connectivity index (χ0v) is 17.3. The fourth-order valence-electron chi connectivity index (χ4n) is 3.21. The molecule has 1 aliphatic carbocycles. The third kappa shape index (κ3) is 6.06. The molecule has 2 aromatic rings. The van der Waals surface area contributed by atoms with Crippen LogP contribution in [-0.4, -0.2) is 31.1 Å². The van der Waals surface area contributed by atoms with Gasteiger partial charge in [-0.15, -0.1) is 11.3 Å². The molecule has 3 rings (SSSR count). The van der Waals surface area contributed by atoms with Crippen molar-refractivity contribution in [2.75, 3.05) is 18.5 Å². The summed E-state index contributed by atoms with van der Waals surface area (Å²) < 4.78 is 5.87. The van der Waals surface area contributed by atoms with Crippen molar-refractivity contribution in [1.29, 1.82) is 0 Å². The van der Waals surface area contributed by atoms with Crippen LogP contribution in [0.3, 0.4) is 0 Å². The summed E-state index contributed by atoms with van der Waals surface area (Å²) in [6.45, 7) is 1.21. The Morgan fingerprint density at radius 1 is 1.14 bits per heavy atom. The molecule has 1 saturated carbocycles. The van der Waals surface area contributed by atoms with Gasteiger partial charge >= 0.3 is 0 Å². The molecule has 1 heterocycles. The van der Waals surface area contributed by atoms with Crippen LogP contribution in [0.4, 0.5) is 5.69 Å². The molecule has 1 aromatic carbocycles. The average Bonchev–Trinajstić information content (AvgIpc) is 3.25. The van der Waals surface area contributed by atoms with E-state index in [2.05, 4.69) is 10.6 Å². The molecule has 0 atom stereocenters. The van der Waals surface area contributed by atoms with Gasteiger partial charge in [-0.3, -0.25) is 9.59 Å². The van der Waals surface area contributed by atoms with Crippen molar-refractivity contribution in [1.82, 2.24) is 5.32 Å². The van der Waals surface area contributed by atoms with E-state index in [1.807, 2.05) is 11.4 Å². The van der Waals surface area contributed by atoms with Crippen molar-refractivity contribution in [2.24, 2.45) is 0 Å². The molecular weight excluding hydrogens is 396 g/mol. The number of carbonyl (C=O) groups excluding carboxylic acids is 2. The number of hydrogen-bond acceptors (Lipinski definition) is 4. The topological polar surface area (TPSA) is 67.4 Å². The van der Waals surface area contributed by atoms with Crippen molar-refractivity contribution in [3.05, 3.63) is 51.2 Å². The molecule has 1 fully saturated rings. The second-order valence-corrected chi connectivity index (χ2v) is 8.22. The first kappa shape index (κ1) is 20.8. The van der Waals surface area contributed by atoms with Gasteiger partial charge in [0.15, 0.2) is 0 Å². The number of hydrogen-bond donors (Lipinski definition) is 2. The Morgan fingerprint density at radius 2 is 1.96 bits per heavy atom. The number of halogens is 1. The van der Waals surface area contributed by atoms with E-state index in [1.54, 1.807) is 24.3 Å². The maximum atomic E-state index is 12.4. The van der Waals surface area contributed by atoms with Crippen LogP contribution in [0.2, 0.25) is 5.02 Å². The van der Waals surface area contributed by atoms with Gasteiger partial charge in [0.2, 0.25) is 0 Å². The van der Waals surface area contributed by atoms with Crippen LogP contribution in [0.15, 0.2) is 35.7 Å². The van der Waals surface area contributed by atoms with E-state index in [0.717, 1.165) is 19.3 Å². The highest BCUT2D eigenvalue weighted by Gasteiger charge is 2.14. The Morgan fingerprint density at radius 3 is 2.71 bits per heavy atom. The van der Waals surface area contributed by atoms with E-state index in [1.165, 1.54) is 30.6 Å². The Kier molecular flexibility index (Phi) is 7.89. The average molecular weight is 421 g/mol. The van der Waals surface area contributed by atoms with Gasteiger partial charge in [-0.25, -0.2) is 0 Å². The molecule has 2 N–H and O–H groups in total. The molecule has 0 unspecified atom stereocenters. The number of ether oxygens (including phenoxy) is 1. The number of anilines is 1. The van der Waals surface area contributed by atoms with E-state index in [-0.39, 0.29) is 11.8 Å². The van der Waals surface area contributed by atoms with Gasteiger partial charge in [-0.05, 0) is 48.9 Å². The molecule has 0 spiro atoms. The Hall–Kier alpha value is -1.89. The van der Waals surface area contributed by atoms with Gasteiger partial charge in [0.25, 0.3) is 11.8 Å². The maximum Gasteiger partial charge on any atom is 0.265 e. The number of benzene rings is 1. The van der Waals surface area contributed by atoms with Crippen molar-refractivity contribution >= 4 is 40.4 Å². The standard InChI is InChI=1S/C21H25ClN2O3S/c22-17-10-9-15(14-18(17)24-21(26)19-8-4-13-28-19)20(25)23-11-5-12-27-16-6-2-1-3-7-16/h4,8-10,13-14,16H,1-3,5-7,11-12H2,(H,23,25)(H,24,26). The van der Waals surface area contributed by atoms with Crippen molar-refractivity contribution in [2.45, 2.75) is 44.6 Å². The minimum Gasteiger partial charge on any atom is -0.378 e. The molecule has 28 heavy (non-hydrogen) atoms.